The Balaban J connectivity index is 2.33. The SMILES string of the molecule is CC(N)Cc1ccc(-c2cc(Cl)ccc2F)o1. The van der Waals surface area contributed by atoms with E-state index in [0.29, 0.717) is 22.8 Å². The first-order valence-electron chi connectivity index (χ1n) is 5.36. The largest absolute Gasteiger partial charge is 0.461 e. The number of benzene rings is 1. The molecule has 1 atom stereocenters. The van der Waals surface area contributed by atoms with Crippen molar-refractivity contribution in [3.05, 3.63) is 46.9 Å². The topological polar surface area (TPSA) is 39.2 Å². The van der Waals surface area contributed by atoms with E-state index in [9.17, 15) is 4.39 Å². The number of furan rings is 1. The van der Waals surface area contributed by atoms with Crippen LogP contribution in [0, 0.1) is 5.82 Å². The minimum absolute atomic E-state index is 0.0122. The van der Waals surface area contributed by atoms with Gasteiger partial charge in [0.25, 0.3) is 0 Å². The Morgan fingerprint density at radius 1 is 1.35 bits per heavy atom. The van der Waals surface area contributed by atoms with Crippen LogP contribution in [0.25, 0.3) is 11.3 Å². The highest BCUT2D eigenvalue weighted by Gasteiger charge is 2.11. The van der Waals surface area contributed by atoms with Gasteiger partial charge in [0.1, 0.15) is 17.3 Å². The Labute approximate surface area is 104 Å². The van der Waals surface area contributed by atoms with Gasteiger partial charge in [0.15, 0.2) is 0 Å². The summed E-state index contributed by atoms with van der Waals surface area (Å²) in [6.07, 6.45) is 0.627. The molecule has 0 radical (unpaired) electrons. The quantitative estimate of drug-likeness (QED) is 0.907. The summed E-state index contributed by atoms with van der Waals surface area (Å²) >= 11 is 5.83. The number of hydrogen-bond acceptors (Lipinski definition) is 2. The third-order valence-electron chi connectivity index (χ3n) is 2.38. The molecule has 0 spiro atoms. The highest BCUT2D eigenvalue weighted by Crippen LogP contribution is 2.27. The Bertz CT molecular complexity index is 522. The van der Waals surface area contributed by atoms with E-state index in [2.05, 4.69) is 0 Å². The number of rotatable bonds is 3. The zero-order chi connectivity index (χ0) is 12.4. The first kappa shape index (κ1) is 12.1. The average Bonchev–Trinajstić information content (AvgIpc) is 2.69. The van der Waals surface area contributed by atoms with Crippen molar-refractivity contribution in [2.75, 3.05) is 0 Å². The molecule has 0 saturated heterocycles. The number of hydrogen-bond donors (Lipinski definition) is 1. The number of nitrogens with two attached hydrogens (primary N) is 1. The minimum Gasteiger partial charge on any atom is -0.461 e. The van der Waals surface area contributed by atoms with E-state index >= 15 is 0 Å². The van der Waals surface area contributed by atoms with Gasteiger partial charge in [0, 0.05) is 17.5 Å². The first-order valence-corrected chi connectivity index (χ1v) is 5.74. The van der Waals surface area contributed by atoms with E-state index in [-0.39, 0.29) is 11.9 Å². The van der Waals surface area contributed by atoms with E-state index < -0.39 is 0 Å². The van der Waals surface area contributed by atoms with Crippen LogP contribution in [0.1, 0.15) is 12.7 Å². The van der Waals surface area contributed by atoms with Crippen LogP contribution >= 0.6 is 11.6 Å². The molecule has 17 heavy (non-hydrogen) atoms. The second kappa shape index (κ2) is 4.90. The Morgan fingerprint density at radius 3 is 2.82 bits per heavy atom. The molecule has 2 rings (SSSR count). The van der Waals surface area contributed by atoms with Crippen LogP contribution in [0.2, 0.25) is 5.02 Å². The van der Waals surface area contributed by atoms with E-state index in [4.69, 9.17) is 21.8 Å². The van der Waals surface area contributed by atoms with Gasteiger partial charge in [-0.05, 0) is 37.3 Å². The van der Waals surface area contributed by atoms with Crippen molar-refractivity contribution >= 4 is 11.6 Å². The lowest BCUT2D eigenvalue weighted by Crippen LogP contribution is -2.17. The van der Waals surface area contributed by atoms with Crippen molar-refractivity contribution in [2.24, 2.45) is 5.73 Å². The monoisotopic (exact) mass is 253 g/mol. The smallest absolute Gasteiger partial charge is 0.137 e. The van der Waals surface area contributed by atoms with Gasteiger partial charge in [0.05, 0.1) is 5.56 Å². The first-order chi connectivity index (χ1) is 8.06. The third kappa shape index (κ3) is 2.87. The van der Waals surface area contributed by atoms with Crippen molar-refractivity contribution in [3.8, 4) is 11.3 Å². The van der Waals surface area contributed by atoms with Crippen LogP contribution in [0.5, 0.6) is 0 Å². The molecule has 2 nitrogen and oxygen atoms in total. The molecule has 2 N–H and O–H groups in total. The molecule has 0 fully saturated rings. The average molecular weight is 254 g/mol. The maximum absolute atomic E-state index is 13.6. The molecular formula is C13H13ClFNO. The van der Waals surface area contributed by atoms with Crippen molar-refractivity contribution in [2.45, 2.75) is 19.4 Å². The van der Waals surface area contributed by atoms with Gasteiger partial charge >= 0.3 is 0 Å². The molecule has 1 heterocycles. The highest BCUT2D eigenvalue weighted by molar-refractivity contribution is 6.30. The van der Waals surface area contributed by atoms with E-state index in [1.807, 2.05) is 6.92 Å². The highest BCUT2D eigenvalue weighted by atomic mass is 35.5. The van der Waals surface area contributed by atoms with Gasteiger partial charge in [-0.3, -0.25) is 0 Å². The van der Waals surface area contributed by atoms with Gasteiger partial charge in [-0.25, -0.2) is 4.39 Å². The summed E-state index contributed by atoms with van der Waals surface area (Å²) in [7, 11) is 0. The van der Waals surface area contributed by atoms with E-state index in [1.165, 1.54) is 12.1 Å². The lowest BCUT2D eigenvalue weighted by atomic mass is 10.1. The van der Waals surface area contributed by atoms with Crippen LogP contribution in [0.4, 0.5) is 4.39 Å². The molecule has 1 aromatic carbocycles. The molecule has 2 aromatic rings. The lowest BCUT2D eigenvalue weighted by molar-refractivity contribution is 0.499. The van der Waals surface area contributed by atoms with Crippen molar-refractivity contribution in [1.82, 2.24) is 0 Å². The molecule has 0 aliphatic heterocycles. The molecule has 0 aliphatic rings. The zero-order valence-corrected chi connectivity index (χ0v) is 10.2. The molecule has 0 saturated carbocycles. The maximum Gasteiger partial charge on any atom is 0.137 e. The molecule has 0 aliphatic carbocycles. The minimum atomic E-state index is -0.351. The van der Waals surface area contributed by atoms with Gasteiger partial charge in [0.2, 0.25) is 0 Å². The summed E-state index contributed by atoms with van der Waals surface area (Å²) in [5.41, 5.74) is 6.04. The third-order valence-corrected chi connectivity index (χ3v) is 2.61. The lowest BCUT2D eigenvalue weighted by Gasteiger charge is -2.02. The van der Waals surface area contributed by atoms with Gasteiger partial charge in [-0.2, -0.15) is 0 Å². The summed E-state index contributed by atoms with van der Waals surface area (Å²) in [5.74, 6) is 0.867. The van der Waals surface area contributed by atoms with Crippen LogP contribution in [-0.4, -0.2) is 6.04 Å². The summed E-state index contributed by atoms with van der Waals surface area (Å²) in [5, 5.41) is 0.478. The van der Waals surface area contributed by atoms with Crippen LogP contribution in [0.3, 0.4) is 0 Å². The molecule has 1 unspecified atom stereocenters. The molecule has 0 bridgehead atoms. The summed E-state index contributed by atoms with van der Waals surface area (Å²) in [4.78, 5) is 0. The standard InChI is InChI=1S/C13H13ClFNO/c1-8(16)6-10-3-5-13(17-10)11-7-9(14)2-4-12(11)15/h2-5,7-8H,6,16H2,1H3. The predicted octanol–water partition coefficient (Wildman–Crippen LogP) is 3.63. The van der Waals surface area contributed by atoms with E-state index in [0.717, 1.165) is 5.76 Å². The second-order valence-electron chi connectivity index (χ2n) is 4.07. The van der Waals surface area contributed by atoms with Gasteiger partial charge < -0.3 is 10.2 Å². The van der Waals surface area contributed by atoms with E-state index in [1.54, 1.807) is 18.2 Å². The van der Waals surface area contributed by atoms with Crippen molar-refractivity contribution in [1.29, 1.82) is 0 Å². The Kier molecular flexibility index (Phi) is 3.50. The van der Waals surface area contributed by atoms with Crippen LogP contribution < -0.4 is 5.73 Å². The number of halogens is 2. The van der Waals surface area contributed by atoms with Crippen LogP contribution in [0.15, 0.2) is 34.7 Å². The second-order valence-corrected chi connectivity index (χ2v) is 4.51. The van der Waals surface area contributed by atoms with Crippen molar-refractivity contribution in [3.63, 3.8) is 0 Å². The van der Waals surface area contributed by atoms with Crippen LogP contribution in [-0.2, 0) is 6.42 Å². The van der Waals surface area contributed by atoms with Gasteiger partial charge in [-0.1, -0.05) is 11.6 Å². The van der Waals surface area contributed by atoms with Gasteiger partial charge in [-0.15, -0.1) is 0 Å². The molecule has 90 valence electrons. The molecule has 0 amide bonds. The molecule has 4 heteroatoms. The Hall–Kier alpha value is -1.32. The summed E-state index contributed by atoms with van der Waals surface area (Å²) < 4.78 is 19.1. The van der Waals surface area contributed by atoms with Crippen molar-refractivity contribution < 1.29 is 8.81 Å². The fraction of sp³-hybridized carbons (Fsp3) is 0.231. The fourth-order valence-electron chi connectivity index (χ4n) is 1.64. The summed E-state index contributed by atoms with van der Waals surface area (Å²) in [6.45, 7) is 1.89. The Morgan fingerprint density at radius 2 is 2.12 bits per heavy atom. The zero-order valence-electron chi connectivity index (χ0n) is 9.41. The maximum atomic E-state index is 13.6. The fourth-order valence-corrected chi connectivity index (χ4v) is 1.81. The predicted molar refractivity (Wildman–Crippen MR) is 66.5 cm³/mol. The summed E-state index contributed by atoms with van der Waals surface area (Å²) in [6, 6.07) is 7.92. The molecular weight excluding hydrogens is 241 g/mol. The molecule has 1 aromatic heterocycles. The normalized spacial score (nSPS) is 12.7.